The standard InChI is InChI=1S/C6H7N7/c1-5(8-3-7-1)2-10-12-6-9-4-11-13-6/h1-4H,(H,7,8)(H2,9,11,12,13)/b10-2+. The molecule has 2 aromatic heterocycles. The molecule has 0 bridgehead atoms. The van der Waals surface area contributed by atoms with Crippen LogP contribution in [0.1, 0.15) is 5.69 Å². The molecule has 0 aliphatic rings. The number of H-pyrrole nitrogens is 2. The van der Waals surface area contributed by atoms with Gasteiger partial charge < -0.3 is 4.98 Å². The molecule has 0 saturated carbocycles. The Labute approximate surface area is 73.3 Å². The average molecular weight is 177 g/mol. The Morgan fingerprint density at radius 3 is 3.23 bits per heavy atom. The summed E-state index contributed by atoms with van der Waals surface area (Å²) in [6.07, 6.45) is 6.23. The van der Waals surface area contributed by atoms with Crippen LogP contribution in [0, 0.1) is 0 Å². The Kier molecular flexibility index (Phi) is 2.00. The number of hydrogen-bond donors (Lipinski definition) is 3. The quantitative estimate of drug-likeness (QED) is 0.453. The molecule has 2 aromatic rings. The van der Waals surface area contributed by atoms with E-state index in [1.54, 1.807) is 18.7 Å². The van der Waals surface area contributed by atoms with Crippen molar-refractivity contribution in [1.29, 1.82) is 0 Å². The summed E-state index contributed by atoms with van der Waals surface area (Å²) in [7, 11) is 0. The van der Waals surface area contributed by atoms with Gasteiger partial charge in [0.2, 0.25) is 5.95 Å². The molecule has 3 N–H and O–H groups in total. The Morgan fingerprint density at radius 2 is 2.54 bits per heavy atom. The first-order chi connectivity index (χ1) is 6.45. The molecule has 66 valence electrons. The van der Waals surface area contributed by atoms with E-state index in [4.69, 9.17) is 0 Å². The number of nitrogens with one attached hydrogen (secondary N) is 3. The van der Waals surface area contributed by atoms with E-state index in [0.717, 1.165) is 5.69 Å². The van der Waals surface area contributed by atoms with Gasteiger partial charge in [0.25, 0.3) is 0 Å². The van der Waals surface area contributed by atoms with Gasteiger partial charge >= 0.3 is 0 Å². The lowest BCUT2D eigenvalue weighted by atomic mass is 10.5. The van der Waals surface area contributed by atoms with Crippen LogP contribution in [-0.2, 0) is 0 Å². The van der Waals surface area contributed by atoms with Crippen molar-refractivity contribution in [3.05, 3.63) is 24.5 Å². The zero-order chi connectivity index (χ0) is 8.93. The van der Waals surface area contributed by atoms with Gasteiger partial charge in [-0.1, -0.05) is 0 Å². The molecule has 7 heteroatoms. The Morgan fingerprint density at radius 1 is 1.54 bits per heavy atom. The minimum atomic E-state index is 0.496. The minimum absolute atomic E-state index is 0.496. The highest BCUT2D eigenvalue weighted by molar-refractivity contribution is 5.76. The van der Waals surface area contributed by atoms with Gasteiger partial charge in [-0.3, -0.25) is 0 Å². The zero-order valence-corrected chi connectivity index (χ0v) is 6.60. The van der Waals surface area contributed by atoms with Gasteiger partial charge in [-0.2, -0.15) is 15.2 Å². The summed E-state index contributed by atoms with van der Waals surface area (Å²) < 4.78 is 0. The SMILES string of the molecule is C(=N\Nc1ncn[nH]1)/c1cnc[nH]1. The monoisotopic (exact) mass is 177 g/mol. The molecule has 7 nitrogen and oxygen atoms in total. The summed E-state index contributed by atoms with van der Waals surface area (Å²) in [5, 5.41) is 10.1. The molecule has 0 spiro atoms. The van der Waals surface area contributed by atoms with Crippen molar-refractivity contribution < 1.29 is 0 Å². The van der Waals surface area contributed by atoms with Crippen molar-refractivity contribution in [2.75, 3.05) is 5.43 Å². The van der Waals surface area contributed by atoms with Crippen LogP contribution in [-0.4, -0.2) is 31.4 Å². The second-order valence-electron chi connectivity index (χ2n) is 2.21. The minimum Gasteiger partial charge on any atom is -0.344 e. The largest absolute Gasteiger partial charge is 0.344 e. The molecular weight excluding hydrogens is 170 g/mol. The van der Waals surface area contributed by atoms with Gasteiger partial charge in [0.1, 0.15) is 6.33 Å². The molecule has 0 aliphatic heterocycles. The van der Waals surface area contributed by atoms with Crippen molar-refractivity contribution in [3.63, 3.8) is 0 Å². The molecule has 2 heterocycles. The summed E-state index contributed by atoms with van der Waals surface area (Å²) in [6, 6.07) is 0. The van der Waals surface area contributed by atoms with Crippen LogP contribution in [0.25, 0.3) is 0 Å². The van der Waals surface area contributed by atoms with Crippen molar-refractivity contribution in [3.8, 4) is 0 Å². The second-order valence-corrected chi connectivity index (χ2v) is 2.21. The number of aromatic amines is 2. The molecule has 0 radical (unpaired) electrons. The van der Waals surface area contributed by atoms with Crippen molar-refractivity contribution in [2.24, 2.45) is 5.10 Å². The van der Waals surface area contributed by atoms with E-state index < -0.39 is 0 Å². The predicted molar refractivity (Wildman–Crippen MR) is 46.2 cm³/mol. The van der Waals surface area contributed by atoms with Crippen LogP contribution in [0.3, 0.4) is 0 Å². The third kappa shape index (κ3) is 1.89. The van der Waals surface area contributed by atoms with Crippen LogP contribution >= 0.6 is 0 Å². The van der Waals surface area contributed by atoms with Crippen LogP contribution in [0.15, 0.2) is 24.0 Å². The van der Waals surface area contributed by atoms with Gasteiger partial charge in [-0.15, -0.1) is 0 Å². The summed E-state index contributed by atoms with van der Waals surface area (Å²) in [5.41, 5.74) is 3.47. The Balaban J connectivity index is 1.93. The molecule has 0 amide bonds. The van der Waals surface area contributed by atoms with E-state index in [9.17, 15) is 0 Å². The van der Waals surface area contributed by atoms with Crippen molar-refractivity contribution >= 4 is 12.2 Å². The first-order valence-corrected chi connectivity index (χ1v) is 3.58. The third-order valence-electron chi connectivity index (χ3n) is 1.31. The lowest BCUT2D eigenvalue weighted by molar-refractivity contribution is 1.08. The second kappa shape index (κ2) is 3.48. The number of anilines is 1. The molecular formula is C6H7N7. The fraction of sp³-hybridized carbons (Fsp3) is 0. The van der Waals surface area contributed by atoms with E-state index in [-0.39, 0.29) is 0 Å². The highest BCUT2D eigenvalue weighted by atomic mass is 15.4. The first-order valence-electron chi connectivity index (χ1n) is 3.58. The lowest BCUT2D eigenvalue weighted by Crippen LogP contribution is -1.92. The maximum atomic E-state index is 3.88. The van der Waals surface area contributed by atoms with E-state index in [0.29, 0.717) is 5.95 Å². The molecule has 2 rings (SSSR count). The highest BCUT2D eigenvalue weighted by Crippen LogP contribution is 1.91. The van der Waals surface area contributed by atoms with Gasteiger partial charge in [-0.05, 0) is 0 Å². The molecule has 0 aliphatic carbocycles. The maximum absolute atomic E-state index is 3.88. The number of nitrogens with zero attached hydrogens (tertiary/aromatic N) is 4. The smallest absolute Gasteiger partial charge is 0.239 e. The number of rotatable bonds is 3. The molecule has 13 heavy (non-hydrogen) atoms. The molecule has 0 aromatic carbocycles. The fourth-order valence-electron chi connectivity index (χ4n) is 0.760. The summed E-state index contributed by atoms with van der Waals surface area (Å²) in [6.45, 7) is 0. The molecule has 0 fully saturated rings. The summed E-state index contributed by atoms with van der Waals surface area (Å²) >= 11 is 0. The van der Waals surface area contributed by atoms with Crippen molar-refractivity contribution in [2.45, 2.75) is 0 Å². The van der Waals surface area contributed by atoms with Gasteiger partial charge in [0.15, 0.2) is 0 Å². The van der Waals surface area contributed by atoms with Gasteiger partial charge in [-0.25, -0.2) is 15.5 Å². The number of imidazole rings is 1. The fourth-order valence-corrected chi connectivity index (χ4v) is 0.760. The molecule has 0 unspecified atom stereocenters. The lowest BCUT2D eigenvalue weighted by Gasteiger charge is -1.89. The predicted octanol–water partition coefficient (Wildman–Crippen LogP) is -0.0262. The van der Waals surface area contributed by atoms with E-state index in [1.807, 2.05) is 0 Å². The highest BCUT2D eigenvalue weighted by Gasteiger charge is 1.89. The van der Waals surface area contributed by atoms with Gasteiger partial charge in [0, 0.05) is 0 Å². The van der Waals surface area contributed by atoms with Crippen LogP contribution < -0.4 is 5.43 Å². The van der Waals surface area contributed by atoms with Crippen LogP contribution in [0.2, 0.25) is 0 Å². The maximum Gasteiger partial charge on any atom is 0.239 e. The third-order valence-corrected chi connectivity index (χ3v) is 1.31. The van der Waals surface area contributed by atoms with E-state index in [1.165, 1.54) is 6.33 Å². The number of aromatic nitrogens is 5. The normalized spacial score (nSPS) is 10.8. The number of hydrazone groups is 1. The average Bonchev–Trinajstić information content (AvgIpc) is 2.75. The van der Waals surface area contributed by atoms with E-state index >= 15 is 0 Å². The van der Waals surface area contributed by atoms with Gasteiger partial charge in [0.05, 0.1) is 24.4 Å². The summed E-state index contributed by atoms with van der Waals surface area (Å²) in [4.78, 5) is 10.5. The number of hydrogen-bond acceptors (Lipinski definition) is 5. The molecule has 0 saturated heterocycles. The Hall–Kier alpha value is -2.18. The van der Waals surface area contributed by atoms with Crippen molar-refractivity contribution in [1.82, 2.24) is 25.1 Å². The Bertz CT molecular complexity index is 360. The zero-order valence-electron chi connectivity index (χ0n) is 6.60. The first kappa shape index (κ1) is 7.47. The summed E-state index contributed by atoms with van der Waals surface area (Å²) in [5.74, 6) is 0.496. The van der Waals surface area contributed by atoms with Crippen LogP contribution in [0.4, 0.5) is 5.95 Å². The topological polar surface area (TPSA) is 94.6 Å². The molecule has 0 atom stereocenters. The van der Waals surface area contributed by atoms with E-state index in [2.05, 4.69) is 35.7 Å². The van der Waals surface area contributed by atoms with Crippen LogP contribution in [0.5, 0.6) is 0 Å².